The summed E-state index contributed by atoms with van der Waals surface area (Å²) >= 11 is 0. The number of rotatable bonds is 5. The Kier molecular flexibility index (Phi) is 5.17. The van der Waals surface area contributed by atoms with Gasteiger partial charge < -0.3 is 10.2 Å². The van der Waals surface area contributed by atoms with Crippen LogP contribution >= 0.6 is 0 Å². The highest BCUT2D eigenvalue weighted by Gasteiger charge is 2.21. The molecule has 3 rings (SSSR count). The maximum atomic E-state index is 12.3. The standard InChI is InChI=1S/C21H24N2O2/c1-15-6-3-4-7-19(15)16(2)22-20(24)14-17-9-11-18(12-10-17)23-13-5-8-21(23)25/h3-4,6-7,9-12,16H,5,8,13-14H2,1-2H3,(H,22,24). The highest BCUT2D eigenvalue weighted by Crippen LogP contribution is 2.22. The number of carbonyl (C=O) groups is 2. The van der Waals surface area contributed by atoms with E-state index in [0.717, 1.165) is 29.8 Å². The number of hydrogen-bond acceptors (Lipinski definition) is 2. The third kappa shape index (κ3) is 4.08. The van der Waals surface area contributed by atoms with E-state index in [9.17, 15) is 9.59 Å². The van der Waals surface area contributed by atoms with Gasteiger partial charge in [-0.1, -0.05) is 36.4 Å². The lowest BCUT2D eigenvalue weighted by atomic mass is 10.0. The third-order valence-corrected chi connectivity index (χ3v) is 4.72. The summed E-state index contributed by atoms with van der Waals surface area (Å²) in [7, 11) is 0. The van der Waals surface area contributed by atoms with Crippen molar-refractivity contribution in [3.63, 3.8) is 0 Å². The summed E-state index contributed by atoms with van der Waals surface area (Å²) in [5.41, 5.74) is 4.18. The number of benzene rings is 2. The van der Waals surface area contributed by atoms with Crippen molar-refractivity contribution in [3.05, 3.63) is 65.2 Å². The van der Waals surface area contributed by atoms with Crippen LogP contribution in [0.5, 0.6) is 0 Å². The van der Waals surface area contributed by atoms with Crippen molar-refractivity contribution in [1.29, 1.82) is 0 Å². The molecule has 2 aromatic rings. The number of amides is 2. The summed E-state index contributed by atoms with van der Waals surface area (Å²) < 4.78 is 0. The van der Waals surface area contributed by atoms with E-state index in [1.807, 2.05) is 54.3 Å². The average molecular weight is 336 g/mol. The number of anilines is 1. The van der Waals surface area contributed by atoms with E-state index in [1.165, 1.54) is 5.56 Å². The number of carbonyl (C=O) groups excluding carboxylic acids is 2. The van der Waals surface area contributed by atoms with Gasteiger partial charge in [-0.2, -0.15) is 0 Å². The smallest absolute Gasteiger partial charge is 0.227 e. The fourth-order valence-electron chi connectivity index (χ4n) is 3.34. The molecule has 130 valence electrons. The molecule has 1 aliphatic heterocycles. The van der Waals surface area contributed by atoms with Crippen molar-refractivity contribution in [2.75, 3.05) is 11.4 Å². The molecule has 2 amide bonds. The van der Waals surface area contributed by atoms with Crippen LogP contribution in [0.4, 0.5) is 5.69 Å². The van der Waals surface area contributed by atoms with Gasteiger partial charge in [-0.05, 0) is 49.1 Å². The number of nitrogens with one attached hydrogen (secondary N) is 1. The van der Waals surface area contributed by atoms with E-state index in [-0.39, 0.29) is 17.9 Å². The Labute approximate surface area is 148 Å². The third-order valence-electron chi connectivity index (χ3n) is 4.72. The van der Waals surface area contributed by atoms with Crippen molar-refractivity contribution >= 4 is 17.5 Å². The maximum Gasteiger partial charge on any atom is 0.227 e. The monoisotopic (exact) mass is 336 g/mol. The van der Waals surface area contributed by atoms with Crippen LogP contribution in [-0.2, 0) is 16.0 Å². The van der Waals surface area contributed by atoms with Crippen molar-refractivity contribution in [2.45, 2.75) is 39.2 Å². The topological polar surface area (TPSA) is 49.4 Å². The highest BCUT2D eigenvalue weighted by molar-refractivity contribution is 5.95. The fourth-order valence-corrected chi connectivity index (χ4v) is 3.34. The van der Waals surface area contributed by atoms with Gasteiger partial charge in [0.15, 0.2) is 0 Å². The van der Waals surface area contributed by atoms with Crippen LogP contribution in [0.1, 0.15) is 42.5 Å². The minimum atomic E-state index is -0.0183. The van der Waals surface area contributed by atoms with Crippen LogP contribution in [0.2, 0.25) is 0 Å². The van der Waals surface area contributed by atoms with E-state index < -0.39 is 0 Å². The summed E-state index contributed by atoms with van der Waals surface area (Å²) in [5, 5.41) is 3.06. The molecule has 4 heteroatoms. The zero-order valence-corrected chi connectivity index (χ0v) is 14.8. The Morgan fingerprint density at radius 2 is 1.88 bits per heavy atom. The minimum Gasteiger partial charge on any atom is -0.349 e. The molecule has 0 aliphatic carbocycles. The molecule has 0 bridgehead atoms. The largest absolute Gasteiger partial charge is 0.349 e. The molecule has 0 spiro atoms. The van der Waals surface area contributed by atoms with Crippen molar-refractivity contribution < 1.29 is 9.59 Å². The molecule has 0 aromatic heterocycles. The quantitative estimate of drug-likeness (QED) is 0.908. The van der Waals surface area contributed by atoms with Gasteiger partial charge in [-0.25, -0.2) is 0 Å². The van der Waals surface area contributed by atoms with E-state index in [2.05, 4.69) is 18.3 Å². The lowest BCUT2D eigenvalue weighted by molar-refractivity contribution is -0.121. The van der Waals surface area contributed by atoms with E-state index in [0.29, 0.717) is 12.8 Å². The molecule has 25 heavy (non-hydrogen) atoms. The highest BCUT2D eigenvalue weighted by atomic mass is 16.2. The number of hydrogen-bond donors (Lipinski definition) is 1. The Morgan fingerprint density at radius 1 is 1.16 bits per heavy atom. The predicted molar refractivity (Wildman–Crippen MR) is 99.5 cm³/mol. The normalized spacial score (nSPS) is 15.3. The van der Waals surface area contributed by atoms with Crippen molar-refractivity contribution in [1.82, 2.24) is 5.32 Å². The Bertz CT molecular complexity index is 768. The Morgan fingerprint density at radius 3 is 2.52 bits per heavy atom. The number of nitrogens with zero attached hydrogens (tertiary/aromatic N) is 1. The van der Waals surface area contributed by atoms with Crippen LogP contribution in [0.25, 0.3) is 0 Å². The predicted octanol–water partition coefficient (Wildman–Crippen LogP) is 3.54. The zero-order chi connectivity index (χ0) is 17.8. The lowest BCUT2D eigenvalue weighted by Gasteiger charge is -2.17. The second-order valence-electron chi connectivity index (χ2n) is 6.64. The first-order chi connectivity index (χ1) is 12.0. The van der Waals surface area contributed by atoms with Gasteiger partial charge in [0.1, 0.15) is 0 Å². The summed E-state index contributed by atoms with van der Waals surface area (Å²) in [6.07, 6.45) is 1.88. The van der Waals surface area contributed by atoms with E-state index in [1.54, 1.807) is 0 Å². The fraction of sp³-hybridized carbons (Fsp3) is 0.333. The van der Waals surface area contributed by atoms with Gasteiger partial charge in [0.25, 0.3) is 0 Å². The molecule has 1 aliphatic rings. The second kappa shape index (κ2) is 7.51. The van der Waals surface area contributed by atoms with Gasteiger partial charge >= 0.3 is 0 Å². The summed E-state index contributed by atoms with van der Waals surface area (Å²) in [6.45, 7) is 4.84. The molecule has 0 saturated carbocycles. The molecule has 1 saturated heterocycles. The van der Waals surface area contributed by atoms with Crippen LogP contribution in [0.3, 0.4) is 0 Å². The number of aryl methyl sites for hydroxylation is 1. The van der Waals surface area contributed by atoms with Crippen molar-refractivity contribution in [2.24, 2.45) is 0 Å². The first kappa shape index (κ1) is 17.2. The van der Waals surface area contributed by atoms with Gasteiger partial charge in [-0.3, -0.25) is 9.59 Å². The Balaban J connectivity index is 1.59. The zero-order valence-electron chi connectivity index (χ0n) is 14.8. The summed E-state index contributed by atoms with van der Waals surface area (Å²) in [4.78, 5) is 25.9. The lowest BCUT2D eigenvalue weighted by Crippen LogP contribution is -2.28. The first-order valence-electron chi connectivity index (χ1n) is 8.79. The molecular weight excluding hydrogens is 312 g/mol. The first-order valence-corrected chi connectivity index (χ1v) is 8.79. The van der Waals surface area contributed by atoms with Gasteiger partial charge in [0.05, 0.1) is 12.5 Å². The van der Waals surface area contributed by atoms with Crippen LogP contribution < -0.4 is 10.2 Å². The molecule has 1 atom stereocenters. The van der Waals surface area contributed by atoms with E-state index in [4.69, 9.17) is 0 Å². The molecule has 2 aromatic carbocycles. The van der Waals surface area contributed by atoms with Crippen LogP contribution in [-0.4, -0.2) is 18.4 Å². The summed E-state index contributed by atoms with van der Waals surface area (Å²) in [5.74, 6) is 0.179. The molecule has 1 heterocycles. The van der Waals surface area contributed by atoms with Gasteiger partial charge in [0, 0.05) is 18.7 Å². The maximum absolute atomic E-state index is 12.3. The summed E-state index contributed by atoms with van der Waals surface area (Å²) in [6, 6.07) is 15.8. The van der Waals surface area contributed by atoms with Gasteiger partial charge in [-0.15, -0.1) is 0 Å². The molecule has 0 radical (unpaired) electrons. The Hall–Kier alpha value is -2.62. The average Bonchev–Trinajstić information content (AvgIpc) is 3.02. The molecule has 1 N–H and O–H groups in total. The second-order valence-corrected chi connectivity index (χ2v) is 6.64. The van der Waals surface area contributed by atoms with Gasteiger partial charge in [0.2, 0.25) is 11.8 Å². The van der Waals surface area contributed by atoms with Crippen LogP contribution in [0, 0.1) is 6.92 Å². The van der Waals surface area contributed by atoms with Crippen LogP contribution in [0.15, 0.2) is 48.5 Å². The SMILES string of the molecule is Cc1ccccc1C(C)NC(=O)Cc1ccc(N2CCCC2=O)cc1. The van der Waals surface area contributed by atoms with E-state index >= 15 is 0 Å². The molecular formula is C21H24N2O2. The molecule has 1 fully saturated rings. The minimum absolute atomic E-state index is 0.000696. The molecule has 4 nitrogen and oxygen atoms in total. The molecule has 1 unspecified atom stereocenters. The van der Waals surface area contributed by atoms with Crippen molar-refractivity contribution in [3.8, 4) is 0 Å².